The van der Waals surface area contributed by atoms with Crippen molar-refractivity contribution in [3.63, 3.8) is 0 Å². The van der Waals surface area contributed by atoms with Crippen LogP contribution in [0.25, 0.3) is 0 Å². The second-order valence-electron chi connectivity index (χ2n) is 5.52. The molecule has 0 aromatic heterocycles. The molecule has 3 rings (SSSR count). The monoisotopic (exact) mass is 343 g/mol. The number of carbonyl (C=O) groups excluding carboxylic acids is 1. The molecule has 2 N–H and O–H groups in total. The van der Waals surface area contributed by atoms with Crippen LogP contribution in [-0.2, 0) is 14.8 Å². The smallest absolute Gasteiger partial charge is 0.275 e. The molecule has 0 bridgehead atoms. The van der Waals surface area contributed by atoms with Crippen molar-refractivity contribution in [2.45, 2.75) is 13.8 Å². The molecule has 0 saturated carbocycles. The Balaban J connectivity index is 2.00. The van der Waals surface area contributed by atoms with Crippen LogP contribution < -0.4 is 10.0 Å². The lowest BCUT2D eigenvalue weighted by molar-refractivity contribution is -0.110. The number of carbonyl (C=O) groups is 1. The fourth-order valence-electron chi connectivity index (χ4n) is 2.33. The molecule has 124 valence electrons. The lowest BCUT2D eigenvalue weighted by Crippen LogP contribution is -2.15. The second kappa shape index (κ2) is 6.09. The van der Waals surface area contributed by atoms with Gasteiger partial charge in [0.2, 0.25) is 10.0 Å². The molecular weight excluding hydrogens is 326 g/mol. The molecule has 0 fully saturated rings. The third-order valence-corrected chi connectivity index (χ3v) is 4.97. The fourth-order valence-corrected chi connectivity index (χ4v) is 2.96. The summed E-state index contributed by atoms with van der Waals surface area (Å²) in [5.41, 5.74) is 3.64. The van der Waals surface area contributed by atoms with Crippen LogP contribution in [0, 0.1) is 6.92 Å². The van der Waals surface area contributed by atoms with E-state index in [1.165, 1.54) is 0 Å². The van der Waals surface area contributed by atoms with E-state index in [1.807, 2.05) is 31.2 Å². The summed E-state index contributed by atoms with van der Waals surface area (Å²) >= 11 is 0. The summed E-state index contributed by atoms with van der Waals surface area (Å²) in [5, 5.41) is 2.74. The molecule has 0 atom stereocenters. The van der Waals surface area contributed by atoms with Gasteiger partial charge in [-0.05, 0) is 44.2 Å². The van der Waals surface area contributed by atoms with E-state index in [1.54, 1.807) is 25.1 Å². The number of aryl methyl sites for hydroxylation is 1. The van der Waals surface area contributed by atoms with E-state index in [0.29, 0.717) is 22.6 Å². The van der Waals surface area contributed by atoms with Crippen LogP contribution in [-0.4, -0.2) is 25.8 Å². The molecular formula is C17H17N3O3S. The minimum Gasteiger partial charge on any atom is -0.320 e. The average Bonchev–Trinajstić information content (AvgIpc) is 2.85. The molecule has 0 spiro atoms. The van der Waals surface area contributed by atoms with E-state index >= 15 is 0 Å². The number of benzene rings is 2. The number of sulfonamides is 1. The summed E-state index contributed by atoms with van der Waals surface area (Å²) in [7, 11) is -3.38. The number of hydrogen-bond donors (Lipinski definition) is 2. The molecule has 2 aromatic rings. The van der Waals surface area contributed by atoms with Crippen molar-refractivity contribution in [2.24, 2.45) is 4.99 Å². The Kier molecular flexibility index (Phi) is 4.11. The van der Waals surface area contributed by atoms with Crippen LogP contribution >= 0.6 is 0 Å². The highest BCUT2D eigenvalue weighted by molar-refractivity contribution is 7.92. The SMILES string of the molecule is CCS(=O)(=O)Nc1ccc2c(c1)C(=Nc1ccc(C)cc1)C(=O)N2. The molecule has 1 aliphatic rings. The van der Waals surface area contributed by atoms with E-state index in [4.69, 9.17) is 0 Å². The Morgan fingerprint density at radius 1 is 1.12 bits per heavy atom. The molecule has 24 heavy (non-hydrogen) atoms. The maximum absolute atomic E-state index is 12.2. The van der Waals surface area contributed by atoms with Gasteiger partial charge in [-0.25, -0.2) is 13.4 Å². The largest absolute Gasteiger partial charge is 0.320 e. The zero-order valence-corrected chi connectivity index (χ0v) is 14.1. The lowest BCUT2D eigenvalue weighted by Gasteiger charge is -2.07. The molecule has 7 heteroatoms. The highest BCUT2D eigenvalue weighted by atomic mass is 32.2. The normalized spacial score (nSPS) is 15.2. The van der Waals surface area contributed by atoms with Gasteiger partial charge in [-0.1, -0.05) is 17.7 Å². The van der Waals surface area contributed by atoms with Gasteiger partial charge in [-0.15, -0.1) is 0 Å². The number of aliphatic imine (C=N–C) groups is 1. The Morgan fingerprint density at radius 3 is 2.50 bits per heavy atom. The van der Waals surface area contributed by atoms with Crippen LogP contribution in [0.2, 0.25) is 0 Å². The maximum atomic E-state index is 12.2. The molecule has 2 aromatic carbocycles. The van der Waals surface area contributed by atoms with Gasteiger partial charge < -0.3 is 5.32 Å². The van der Waals surface area contributed by atoms with Crippen molar-refractivity contribution in [3.8, 4) is 0 Å². The molecule has 1 aliphatic heterocycles. The Hall–Kier alpha value is -2.67. The summed E-state index contributed by atoms with van der Waals surface area (Å²) < 4.78 is 25.9. The fraction of sp³-hybridized carbons (Fsp3) is 0.176. The molecule has 0 aliphatic carbocycles. The first-order chi connectivity index (χ1) is 11.4. The number of anilines is 2. The van der Waals surface area contributed by atoms with Crippen molar-refractivity contribution < 1.29 is 13.2 Å². The second-order valence-corrected chi connectivity index (χ2v) is 7.53. The third-order valence-electron chi connectivity index (χ3n) is 3.67. The van der Waals surface area contributed by atoms with Crippen LogP contribution in [0.5, 0.6) is 0 Å². The van der Waals surface area contributed by atoms with E-state index < -0.39 is 10.0 Å². The molecule has 0 radical (unpaired) electrons. The third kappa shape index (κ3) is 3.30. The lowest BCUT2D eigenvalue weighted by atomic mass is 10.1. The number of rotatable bonds is 4. The van der Waals surface area contributed by atoms with Crippen LogP contribution in [0.1, 0.15) is 18.1 Å². The zero-order valence-electron chi connectivity index (χ0n) is 13.3. The molecule has 0 saturated heterocycles. The summed E-state index contributed by atoms with van der Waals surface area (Å²) in [6, 6.07) is 12.4. The van der Waals surface area contributed by atoms with Gasteiger partial charge in [-0.2, -0.15) is 0 Å². The van der Waals surface area contributed by atoms with Crippen molar-refractivity contribution in [3.05, 3.63) is 53.6 Å². The Morgan fingerprint density at radius 2 is 1.83 bits per heavy atom. The Bertz CT molecular complexity index is 932. The maximum Gasteiger partial charge on any atom is 0.275 e. The first-order valence-electron chi connectivity index (χ1n) is 7.49. The molecule has 0 unspecified atom stereocenters. The highest BCUT2D eigenvalue weighted by Crippen LogP contribution is 2.29. The van der Waals surface area contributed by atoms with E-state index in [0.717, 1.165) is 5.56 Å². The van der Waals surface area contributed by atoms with Gasteiger partial charge in [0.15, 0.2) is 0 Å². The van der Waals surface area contributed by atoms with Gasteiger partial charge in [0.25, 0.3) is 5.91 Å². The Labute approximate surface area is 140 Å². The van der Waals surface area contributed by atoms with E-state index in [2.05, 4.69) is 15.0 Å². The quantitative estimate of drug-likeness (QED) is 0.895. The highest BCUT2D eigenvalue weighted by Gasteiger charge is 2.26. The van der Waals surface area contributed by atoms with Crippen molar-refractivity contribution in [2.75, 3.05) is 15.8 Å². The number of hydrogen-bond acceptors (Lipinski definition) is 4. The number of nitrogens with zero attached hydrogens (tertiary/aromatic N) is 1. The zero-order chi connectivity index (χ0) is 17.3. The summed E-state index contributed by atoms with van der Waals surface area (Å²) in [6.45, 7) is 3.53. The van der Waals surface area contributed by atoms with Gasteiger partial charge >= 0.3 is 0 Å². The molecule has 1 amide bonds. The van der Waals surface area contributed by atoms with E-state index in [-0.39, 0.29) is 17.4 Å². The first kappa shape index (κ1) is 16.2. The van der Waals surface area contributed by atoms with Gasteiger partial charge in [0, 0.05) is 11.3 Å². The predicted octanol–water partition coefficient (Wildman–Crippen LogP) is 2.83. The molecule has 1 heterocycles. The average molecular weight is 343 g/mol. The van der Waals surface area contributed by atoms with Gasteiger partial charge in [-0.3, -0.25) is 9.52 Å². The van der Waals surface area contributed by atoms with Crippen molar-refractivity contribution >= 4 is 38.7 Å². The van der Waals surface area contributed by atoms with Gasteiger partial charge in [0.05, 0.1) is 17.1 Å². The van der Waals surface area contributed by atoms with Crippen molar-refractivity contribution in [1.29, 1.82) is 0 Å². The summed E-state index contributed by atoms with van der Waals surface area (Å²) in [5.74, 6) is -0.327. The van der Waals surface area contributed by atoms with Crippen LogP contribution in [0.4, 0.5) is 17.1 Å². The number of amides is 1. The number of nitrogens with one attached hydrogen (secondary N) is 2. The molecule has 6 nitrogen and oxygen atoms in total. The van der Waals surface area contributed by atoms with Crippen LogP contribution in [0.3, 0.4) is 0 Å². The summed E-state index contributed by atoms with van der Waals surface area (Å²) in [4.78, 5) is 16.6. The first-order valence-corrected chi connectivity index (χ1v) is 9.15. The predicted molar refractivity (Wildman–Crippen MR) is 95.5 cm³/mol. The van der Waals surface area contributed by atoms with Crippen molar-refractivity contribution in [1.82, 2.24) is 0 Å². The standard InChI is InChI=1S/C17H17N3O3S/c1-3-24(22,23)20-13-8-9-15-14(10-13)16(17(21)19-15)18-12-6-4-11(2)5-7-12/h4-10,20H,3H2,1-2H3,(H,18,19,21). The topological polar surface area (TPSA) is 87.6 Å². The minimum atomic E-state index is -3.38. The van der Waals surface area contributed by atoms with Crippen LogP contribution in [0.15, 0.2) is 47.5 Å². The van der Waals surface area contributed by atoms with E-state index in [9.17, 15) is 13.2 Å². The summed E-state index contributed by atoms with van der Waals surface area (Å²) in [6.07, 6.45) is 0. The van der Waals surface area contributed by atoms with Gasteiger partial charge in [0.1, 0.15) is 5.71 Å². The number of fused-ring (bicyclic) bond motifs is 1. The minimum absolute atomic E-state index is 0.0222.